The van der Waals surface area contributed by atoms with Crippen LogP contribution in [0, 0.1) is 0 Å². The molecule has 0 spiro atoms. The highest BCUT2D eigenvalue weighted by Gasteiger charge is 2.27. The van der Waals surface area contributed by atoms with Crippen LogP contribution in [0.4, 0.5) is 11.5 Å². The van der Waals surface area contributed by atoms with Crippen molar-refractivity contribution in [2.75, 3.05) is 32.0 Å². The van der Waals surface area contributed by atoms with Gasteiger partial charge in [0.25, 0.3) is 5.91 Å². The van der Waals surface area contributed by atoms with Crippen LogP contribution >= 0.6 is 0 Å². The lowest BCUT2D eigenvalue weighted by molar-refractivity contribution is 0.102. The van der Waals surface area contributed by atoms with Crippen molar-refractivity contribution >= 4 is 17.4 Å². The molecule has 0 saturated carbocycles. The molecule has 0 saturated heterocycles. The smallest absolute Gasteiger partial charge is 0.255 e. The van der Waals surface area contributed by atoms with Gasteiger partial charge in [0.1, 0.15) is 0 Å². The number of methoxy groups -OCH3 is 3. The number of pyridine rings is 1. The first-order valence-corrected chi connectivity index (χ1v) is 9.23. The lowest BCUT2D eigenvalue weighted by Crippen LogP contribution is -2.17. The summed E-state index contributed by atoms with van der Waals surface area (Å²) in [5, 5.41) is 6.15. The zero-order valence-corrected chi connectivity index (χ0v) is 16.8. The average molecular weight is 407 g/mol. The van der Waals surface area contributed by atoms with E-state index < -0.39 is 6.23 Å². The van der Waals surface area contributed by atoms with Gasteiger partial charge in [-0.05, 0) is 30.3 Å². The van der Waals surface area contributed by atoms with Crippen LogP contribution in [0.2, 0.25) is 0 Å². The number of anilines is 2. The van der Waals surface area contributed by atoms with Crippen LogP contribution in [0.5, 0.6) is 23.0 Å². The number of benzene rings is 2. The Hall–Kier alpha value is -3.94. The fourth-order valence-electron chi connectivity index (χ4n) is 3.26. The van der Waals surface area contributed by atoms with Crippen molar-refractivity contribution in [2.24, 2.45) is 0 Å². The number of carbonyl (C=O) groups excluding carboxylic acids is 1. The van der Waals surface area contributed by atoms with E-state index in [4.69, 9.17) is 18.9 Å². The first-order valence-electron chi connectivity index (χ1n) is 9.23. The number of hydrogen-bond donors (Lipinski definition) is 2. The maximum absolute atomic E-state index is 13.0. The molecule has 2 aromatic carbocycles. The molecule has 8 nitrogen and oxygen atoms in total. The van der Waals surface area contributed by atoms with E-state index >= 15 is 0 Å². The fraction of sp³-hybridized carbons (Fsp3) is 0.182. The van der Waals surface area contributed by atoms with Gasteiger partial charge in [-0.2, -0.15) is 0 Å². The minimum atomic E-state index is -0.466. The van der Waals surface area contributed by atoms with E-state index in [9.17, 15) is 4.79 Å². The van der Waals surface area contributed by atoms with Crippen molar-refractivity contribution in [3.05, 3.63) is 65.9 Å². The number of amides is 1. The number of nitrogens with one attached hydrogen (secondary N) is 2. The number of hydrogen-bond acceptors (Lipinski definition) is 7. The molecule has 1 amide bonds. The van der Waals surface area contributed by atoms with Gasteiger partial charge in [-0.15, -0.1) is 0 Å². The van der Waals surface area contributed by atoms with Crippen molar-refractivity contribution in [1.82, 2.24) is 4.98 Å². The minimum Gasteiger partial charge on any atom is -0.493 e. The third kappa shape index (κ3) is 3.55. The molecule has 0 aliphatic carbocycles. The molecule has 0 radical (unpaired) electrons. The first-order chi connectivity index (χ1) is 14.6. The molecule has 4 rings (SSSR count). The topological polar surface area (TPSA) is 90.9 Å². The molecule has 3 aromatic rings. The highest BCUT2D eigenvalue weighted by atomic mass is 16.5. The standard InChI is InChI=1S/C22H21N3O5/c1-27-17-11-13(12-18(28-2)19(17)29-3)21(26)24-15-8-5-4-7-14(15)22-25-20-16(30-22)9-6-10-23-20/h4-12,22H,1-3H3,(H,23,25)(H,24,26). The molecule has 8 heteroatoms. The van der Waals surface area contributed by atoms with E-state index in [0.29, 0.717) is 40.1 Å². The molecule has 1 aromatic heterocycles. The van der Waals surface area contributed by atoms with Crippen LogP contribution in [0.3, 0.4) is 0 Å². The molecule has 0 fully saturated rings. The van der Waals surface area contributed by atoms with Gasteiger partial charge < -0.3 is 29.6 Å². The number of carbonyl (C=O) groups is 1. The molecule has 2 heterocycles. The summed E-state index contributed by atoms with van der Waals surface area (Å²) in [6.45, 7) is 0. The van der Waals surface area contributed by atoms with Gasteiger partial charge in [-0.25, -0.2) is 4.98 Å². The zero-order chi connectivity index (χ0) is 21.1. The summed E-state index contributed by atoms with van der Waals surface area (Å²) in [5.41, 5.74) is 1.75. The Morgan fingerprint density at radius 1 is 1.03 bits per heavy atom. The van der Waals surface area contributed by atoms with Crippen LogP contribution in [0.1, 0.15) is 22.1 Å². The second-order valence-electron chi connectivity index (χ2n) is 6.45. The minimum absolute atomic E-state index is 0.324. The summed E-state index contributed by atoms with van der Waals surface area (Å²) in [5.74, 6) is 2.22. The van der Waals surface area contributed by atoms with Gasteiger partial charge in [0, 0.05) is 23.0 Å². The predicted molar refractivity (Wildman–Crippen MR) is 112 cm³/mol. The maximum Gasteiger partial charge on any atom is 0.255 e. The quantitative estimate of drug-likeness (QED) is 0.641. The molecule has 1 atom stereocenters. The number of fused-ring (bicyclic) bond motifs is 1. The molecular formula is C22H21N3O5. The second-order valence-corrected chi connectivity index (χ2v) is 6.45. The molecular weight excluding hydrogens is 386 g/mol. The Morgan fingerprint density at radius 3 is 2.43 bits per heavy atom. The summed E-state index contributed by atoms with van der Waals surface area (Å²) in [4.78, 5) is 17.3. The Kier molecular flexibility index (Phi) is 5.30. The molecule has 154 valence electrons. The largest absolute Gasteiger partial charge is 0.493 e. The van der Waals surface area contributed by atoms with E-state index in [1.807, 2.05) is 30.3 Å². The van der Waals surface area contributed by atoms with Crippen molar-refractivity contribution in [3.8, 4) is 23.0 Å². The molecule has 0 bridgehead atoms. The molecule has 30 heavy (non-hydrogen) atoms. The zero-order valence-electron chi connectivity index (χ0n) is 16.8. The van der Waals surface area contributed by atoms with Crippen LogP contribution in [-0.4, -0.2) is 32.2 Å². The predicted octanol–water partition coefficient (Wildman–Crippen LogP) is 3.86. The second kappa shape index (κ2) is 8.20. The van der Waals surface area contributed by atoms with E-state index in [2.05, 4.69) is 15.6 Å². The third-order valence-corrected chi connectivity index (χ3v) is 4.70. The fourth-order valence-corrected chi connectivity index (χ4v) is 3.26. The lowest BCUT2D eigenvalue weighted by atomic mass is 10.1. The Bertz CT molecular complexity index is 1040. The first kappa shape index (κ1) is 19.4. The number of aromatic nitrogens is 1. The monoisotopic (exact) mass is 407 g/mol. The molecule has 2 N–H and O–H groups in total. The maximum atomic E-state index is 13.0. The van der Waals surface area contributed by atoms with Crippen LogP contribution in [-0.2, 0) is 0 Å². The van der Waals surface area contributed by atoms with E-state index in [1.54, 1.807) is 24.4 Å². The van der Waals surface area contributed by atoms with E-state index in [0.717, 1.165) is 5.56 Å². The van der Waals surface area contributed by atoms with Gasteiger partial charge in [-0.1, -0.05) is 18.2 Å². The van der Waals surface area contributed by atoms with Crippen molar-refractivity contribution in [3.63, 3.8) is 0 Å². The van der Waals surface area contributed by atoms with Crippen LogP contribution < -0.4 is 29.6 Å². The van der Waals surface area contributed by atoms with Gasteiger partial charge in [0.2, 0.25) is 5.75 Å². The molecule has 1 aliphatic rings. The van der Waals surface area contributed by atoms with Gasteiger partial charge in [0.15, 0.2) is 29.3 Å². The number of nitrogens with zero attached hydrogens (tertiary/aromatic N) is 1. The summed E-state index contributed by atoms with van der Waals surface area (Å²) in [6.07, 6.45) is 1.22. The number of para-hydroxylation sites is 1. The third-order valence-electron chi connectivity index (χ3n) is 4.70. The lowest BCUT2D eigenvalue weighted by Gasteiger charge is -2.17. The normalized spacial score (nSPS) is 14.2. The Morgan fingerprint density at radius 2 is 1.77 bits per heavy atom. The van der Waals surface area contributed by atoms with E-state index in [-0.39, 0.29) is 5.91 Å². The summed E-state index contributed by atoms with van der Waals surface area (Å²) < 4.78 is 21.9. The van der Waals surface area contributed by atoms with Crippen molar-refractivity contribution in [2.45, 2.75) is 6.23 Å². The highest BCUT2D eigenvalue weighted by Crippen LogP contribution is 2.40. The van der Waals surface area contributed by atoms with Gasteiger partial charge in [-0.3, -0.25) is 4.79 Å². The Labute approximate surface area is 173 Å². The number of rotatable bonds is 6. The van der Waals surface area contributed by atoms with Gasteiger partial charge >= 0.3 is 0 Å². The molecule has 1 unspecified atom stereocenters. The highest BCUT2D eigenvalue weighted by molar-refractivity contribution is 6.05. The summed E-state index contributed by atoms with van der Waals surface area (Å²) >= 11 is 0. The van der Waals surface area contributed by atoms with Crippen molar-refractivity contribution in [1.29, 1.82) is 0 Å². The van der Waals surface area contributed by atoms with Gasteiger partial charge in [0.05, 0.1) is 21.3 Å². The Balaban J connectivity index is 1.61. The average Bonchev–Trinajstić information content (AvgIpc) is 3.22. The van der Waals surface area contributed by atoms with E-state index in [1.165, 1.54) is 21.3 Å². The summed E-state index contributed by atoms with van der Waals surface area (Å²) in [6, 6.07) is 14.3. The van der Waals surface area contributed by atoms with Crippen LogP contribution in [0.15, 0.2) is 54.7 Å². The SMILES string of the molecule is COc1cc(C(=O)Nc2ccccc2C2Nc3ncccc3O2)cc(OC)c1OC. The summed E-state index contributed by atoms with van der Waals surface area (Å²) in [7, 11) is 4.52. The van der Waals surface area contributed by atoms with Crippen LogP contribution in [0.25, 0.3) is 0 Å². The van der Waals surface area contributed by atoms with Crippen molar-refractivity contribution < 1.29 is 23.7 Å². The number of ether oxygens (including phenoxy) is 4. The molecule has 1 aliphatic heterocycles.